The number of nitrogens with zero attached hydrogens (tertiary/aromatic N) is 2. The summed E-state index contributed by atoms with van der Waals surface area (Å²) in [5.41, 5.74) is 1.20. The smallest absolute Gasteiger partial charge is 0.251 e. The first-order valence-electron chi connectivity index (χ1n) is 7.44. The number of piperazine rings is 1. The lowest BCUT2D eigenvalue weighted by Crippen LogP contribution is -2.50. The van der Waals surface area contributed by atoms with Crippen LogP contribution in [0.2, 0.25) is 0 Å². The lowest BCUT2D eigenvalue weighted by atomic mass is 10.2. The van der Waals surface area contributed by atoms with Crippen LogP contribution < -0.4 is 4.74 Å². The highest BCUT2D eigenvalue weighted by Gasteiger charge is 2.23. The summed E-state index contributed by atoms with van der Waals surface area (Å²) in [6, 6.07) is 7.89. The molecule has 0 saturated carbocycles. The molecule has 0 spiro atoms. The molecule has 1 N–H and O–H groups in total. The largest absolute Gasteiger partial charge is 0.481 e. The summed E-state index contributed by atoms with van der Waals surface area (Å²) in [6.07, 6.45) is 4.24. The monoisotopic (exact) mass is 302 g/mol. The van der Waals surface area contributed by atoms with Gasteiger partial charge in [-0.15, -0.1) is 6.42 Å². The first-order valence-corrected chi connectivity index (χ1v) is 7.44. The minimum atomic E-state index is -0.915. The lowest BCUT2D eigenvalue weighted by molar-refractivity contribution is -0.141. The van der Waals surface area contributed by atoms with Crippen molar-refractivity contribution in [1.82, 2.24) is 9.80 Å². The van der Waals surface area contributed by atoms with E-state index >= 15 is 0 Å². The van der Waals surface area contributed by atoms with Crippen LogP contribution in [0.15, 0.2) is 24.3 Å². The van der Waals surface area contributed by atoms with Gasteiger partial charge in [0, 0.05) is 32.7 Å². The van der Waals surface area contributed by atoms with Crippen molar-refractivity contribution in [2.75, 3.05) is 32.8 Å². The van der Waals surface area contributed by atoms with Gasteiger partial charge in [-0.2, -0.15) is 0 Å². The molecule has 1 amide bonds. The van der Waals surface area contributed by atoms with Gasteiger partial charge >= 0.3 is 0 Å². The number of aliphatic hydroxyl groups is 1. The molecular formula is C17H22N2O3. The van der Waals surface area contributed by atoms with Crippen LogP contribution in [0.25, 0.3) is 0 Å². The van der Waals surface area contributed by atoms with Crippen molar-refractivity contribution in [2.24, 2.45) is 0 Å². The maximum atomic E-state index is 11.7. The van der Waals surface area contributed by atoms with Crippen molar-refractivity contribution in [3.8, 4) is 18.1 Å². The second-order valence-electron chi connectivity index (χ2n) is 5.41. The number of amides is 1. The van der Waals surface area contributed by atoms with Gasteiger partial charge < -0.3 is 14.7 Å². The van der Waals surface area contributed by atoms with Crippen LogP contribution >= 0.6 is 0 Å². The van der Waals surface area contributed by atoms with Crippen LogP contribution in [-0.2, 0) is 11.3 Å². The van der Waals surface area contributed by atoms with Crippen molar-refractivity contribution in [3.05, 3.63) is 29.8 Å². The van der Waals surface area contributed by atoms with Gasteiger partial charge in [-0.05, 0) is 24.6 Å². The quantitative estimate of drug-likeness (QED) is 0.815. The topological polar surface area (TPSA) is 53.0 Å². The third kappa shape index (κ3) is 4.48. The number of aliphatic hydroxyl groups excluding tert-OH is 1. The van der Waals surface area contributed by atoms with Gasteiger partial charge in [-0.3, -0.25) is 9.69 Å². The number of carbonyl (C=O) groups excluding carboxylic acids is 1. The molecular weight excluding hydrogens is 280 g/mol. The molecule has 1 atom stereocenters. The average molecular weight is 302 g/mol. The fourth-order valence-electron chi connectivity index (χ4n) is 2.46. The highest BCUT2D eigenvalue weighted by Crippen LogP contribution is 2.15. The van der Waals surface area contributed by atoms with Gasteiger partial charge in [0.1, 0.15) is 18.5 Å². The number of ether oxygens (including phenoxy) is 1. The molecule has 22 heavy (non-hydrogen) atoms. The van der Waals surface area contributed by atoms with Crippen LogP contribution in [0.5, 0.6) is 5.75 Å². The average Bonchev–Trinajstić information content (AvgIpc) is 2.54. The lowest BCUT2D eigenvalue weighted by Gasteiger charge is -2.35. The van der Waals surface area contributed by atoms with E-state index in [0.717, 1.165) is 25.4 Å². The molecule has 5 nitrogen and oxygen atoms in total. The minimum absolute atomic E-state index is 0.185. The van der Waals surface area contributed by atoms with Crippen LogP contribution in [-0.4, -0.2) is 59.7 Å². The van der Waals surface area contributed by atoms with E-state index in [-0.39, 0.29) is 12.5 Å². The van der Waals surface area contributed by atoms with Gasteiger partial charge in [-0.1, -0.05) is 18.1 Å². The molecule has 1 saturated heterocycles. The zero-order valence-corrected chi connectivity index (χ0v) is 12.9. The fraction of sp³-hybridized carbons (Fsp3) is 0.471. The third-order valence-electron chi connectivity index (χ3n) is 3.69. The number of rotatable bonds is 5. The number of hydrogen-bond donors (Lipinski definition) is 1. The van der Waals surface area contributed by atoms with Gasteiger partial charge in [-0.25, -0.2) is 0 Å². The van der Waals surface area contributed by atoms with E-state index in [1.807, 2.05) is 24.3 Å². The van der Waals surface area contributed by atoms with Gasteiger partial charge in [0.15, 0.2) is 0 Å². The molecule has 0 aromatic heterocycles. The maximum absolute atomic E-state index is 11.7. The number of benzene rings is 1. The fourth-order valence-corrected chi connectivity index (χ4v) is 2.46. The van der Waals surface area contributed by atoms with E-state index in [1.54, 1.807) is 4.90 Å². The maximum Gasteiger partial charge on any atom is 0.251 e. The van der Waals surface area contributed by atoms with E-state index in [0.29, 0.717) is 13.1 Å². The molecule has 1 unspecified atom stereocenters. The van der Waals surface area contributed by atoms with Gasteiger partial charge in [0.2, 0.25) is 0 Å². The Labute approximate surface area is 131 Å². The van der Waals surface area contributed by atoms with Crippen LogP contribution in [0.1, 0.15) is 12.5 Å². The molecule has 2 rings (SSSR count). The summed E-state index contributed by atoms with van der Waals surface area (Å²) in [7, 11) is 0. The Morgan fingerprint density at radius 1 is 1.32 bits per heavy atom. The normalized spacial score (nSPS) is 16.9. The van der Waals surface area contributed by atoms with Gasteiger partial charge in [0.25, 0.3) is 5.91 Å². The second-order valence-corrected chi connectivity index (χ2v) is 5.41. The Morgan fingerprint density at radius 2 is 1.95 bits per heavy atom. The SMILES string of the molecule is C#CCOc1ccc(CN2CCN(C(=O)C(C)O)CC2)cc1. The first kappa shape index (κ1) is 16.3. The van der Waals surface area contributed by atoms with Crippen LogP contribution in [0.3, 0.4) is 0 Å². The molecule has 1 heterocycles. The third-order valence-corrected chi connectivity index (χ3v) is 3.69. The van der Waals surface area contributed by atoms with E-state index in [9.17, 15) is 9.90 Å². The summed E-state index contributed by atoms with van der Waals surface area (Å²) in [5.74, 6) is 3.02. The number of terminal acetylenes is 1. The predicted molar refractivity (Wildman–Crippen MR) is 84.3 cm³/mol. The second kappa shape index (κ2) is 7.83. The van der Waals surface area contributed by atoms with E-state index in [4.69, 9.17) is 11.2 Å². The summed E-state index contributed by atoms with van der Waals surface area (Å²) in [4.78, 5) is 15.7. The molecule has 1 fully saturated rings. The van der Waals surface area contributed by atoms with Crippen LogP contribution in [0.4, 0.5) is 0 Å². The Morgan fingerprint density at radius 3 is 2.50 bits per heavy atom. The number of carbonyl (C=O) groups is 1. The van der Waals surface area contributed by atoms with Crippen molar-refractivity contribution in [2.45, 2.75) is 19.6 Å². The van der Waals surface area contributed by atoms with E-state index in [1.165, 1.54) is 12.5 Å². The van der Waals surface area contributed by atoms with Crippen molar-refractivity contribution in [1.29, 1.82) is 0 Å². The molecule has 1 aromatic carbocycles. The van der Waals surface area contributed by atoms with Crippen LogP contribution in [0, 0.1) is 12.3 Å². The van der Waals surface area contributed by atoms with Crippen molar-refractivity contribution < 1.29 is 14.6 Å². The number of hydrogen-bond acceptors (Lipinski definition) is 4. The van der Waals surface area contributed by atoms with Gasteiger partial charge in [0.05, 0.1) is 0 Å². The zero-order valence-electron chi connectivity index (χ0n) is 12.9. The summed E-state index contributed by atoms with van der Waals surface area (Å²) in [5, 5.41) is 9.33. The Balaban J connectivity index is 1.81. The standard InChI is InChI=1S/C17H22N2O3/c1-3-12-22-16-6-4-15(5-7-16)13-18-8-10-19(11-9-18)17(21)14(2)20/h1,4-7,14,20H,8-13H2,2H3. The first-order chi connectivity index (χ1) is 10.6. The summed E-state index contributed by atoms with van der Waals surface area (Å²) in [6.45, 7) is 5.57. The van der Waals surface area contributed by atoms with E-state index < -0.39 is 6.10 Å². The highest BCUT2D eigenvalue weighted by atomic mass is 16.5. The predicted octanol–water partition coefficient (Wildman–Crippen LogP) is 0.724. The molecule has 1 aliphatic heterocycles. The van der Waals surface area contributed by atoms with Crippen molar-refractivity contribution in [3.63, 3.8) is 0 Å². The molecule has 0 radical (unpaired) electrons. The Kier molecular flexibility index (Phi) is 5.82. The summed E-state index contributed by atoms with van der Waals surface area (Å²) >= 11 is 0. The zero-order chi connectivity index (χ0) is 15.9. The molecule has 0 aliphatic carbocycles. The molecule has 0 bridgehead atoms. The minimum Gasteiger partial charge on any atom is -0.481 e. The Bertz CT molecular complexity index is 526. The molecule has 1 aromatic rings. The highest BCUT2D eigenvalue weighted by molar-refractivity contribution is 5.80. The molecule has 1 aliphatic rings. The Hall–Kier alpha value is -2.03. The van der Waals surface area contributed by atoms with Crippen molar-refractivity contribution >= 4 is 5.91 Å². The molecule has 118 valence electrons. The van der Waals surface area contributed by atoms with E-state index in [2.05, 4.69) is 10.8 Å². The summed E-state index contributed by atoms with van der Waals surface area (Å²) < 4.78 is 5.35. The molecule has 5 heteroatoms.